The lowest BCUT2D eigenvalue weighted by molar-refractivity contribution is -0.127. The number of ketones is 1. The number of phosphoric ester groups is 1. The molecule has 0 aliphatic carbocycles. The number of hydrogen-bond donors (Lipinski definition) is 2. The van der Waals surface area contributed by atoms with Crippen molar-refractivity contribution in [1.82, 2.24) is 5.32 Å². The quantitative estimate of drug-likeness (QED) is 0.321. The molecule has 11 heteroatoms. The Morgan fingerprint density at radius 1 is 1.28 bits per heavy atom. The summed E-state index contributed by atoms with van der Waals surface area (Å²) in [5.41, 5.74) is 0. The molecular formula is C14H29NO6P2S2. The van der Waals surface area contributed by atoms with E-state index in [1.807, 2.05) is 13.8 Å². The van der Waals surface area contributed by atoms with Gasteiger partial charge in [-0.05, 0) is 32.9 Å². The summed E-state index contributed by atoms with van der Waals surface area (Å²) < 4.78 is 28.4. The lowest BCUT2D eigenvalue weighted by Gasteiger charge is -2.22. The van der Waals surface area contributed by atoms with E-state index in [9.17, 15) is 14.2 Å². The molecule has 7 nitrogen and oxygen atoms in total. The first-order valence-electron chi connectivity index (χ1n) is 8.24. The molecule has 0 aromatic rings. The van der Waals surface area contributed by atoms with E-state index in [0.29, 0.717) is 12.8 Å². The van der Waals surface area contributed by atoms with Crippen LogP contribution in [0.15, 0.2) is 0 Å². The third-order valence-electron chi connectivity index (χ3n) is 3.13. The Morgan fingerprint density at radius 3 is 2.40 bits per heavy atom. The molecule has 0 aromatic carbocycles. The topological polar surface area (TPSA) is 90.9 Å². The molecular weight excluding hydrogens is 404 g/mol. The van der Waals surface area contributed by atoms with Crippen LogP contribution in [0.25, 0.3) is 0 Å². The molecule has 0 spiro atoms. The Kier molecular flexibility index (Phi) is 13.4. The Hall–Kier alpha value is 0.120. The van der Waals surface area contributed by atoms with Crippen LogP contribution in [0.4, 0.5) is 0 Å². The predicted molar refractivity (Wildman–Crippen MR) is 107 cm³/mol. The first-order valence-corrected chi connectivity index (χ1v) is 13.3. The summed E-state index contributed by atoms with van der Waals surface area (Å²) in [7, 11) is -2.23. The molecule has 0 aliphatic rings. The van der Waals surface area contributed by atoms with E-state index in [1.54, 1.807) is 13.8 Å². The second-order valence-corrected chi connectivity index (χ2v) is 11.4. The SMILES string of the molecule is CCCOP(=O)(OC(CC)CNC(=O)CCC(=O)C(C)C)O[SH](=P)=S. The van der Waals surface area contributed by atoms with Crippen molar-refractivity contribution in [3.05, 3.63) is 0 Å². The molecule has 0 rings (SSSR count). The minimum atomic E-state index is -3.80. The Bertz CT molecular complexity index is 545. The van der Waals surface area contributed by atoms with Crippen LogP contribution in [-0.2, 0) is 47.3 Å². The second kappa shape index (κ2) is 13.3. The smallest absolute Gasteiger partial charge is 0.353 e. The number of rotatable bonds is 14. The van der Waals surface area contributed by atoms with Crippen molar-refractivity contribution in [3.8, 4) is 0 Å². The molecule has 25 heavy (non-hydrogen) atoms. The summed E-state index contributed by atoms with van der Waals surface area (Å²) >= 11 is 4.87. The Morgan fingerprint density at radius 2 is 1.92 bits per heavy atom. The summed E-state index contributed by atoms with van der Waals surface area (Å²) in [6.07, 6.45) is 0.901. The number of nitrogens with one attached hydrogen (secondary N) is 1. The maximum atomic E-state index is 12.6. The van der Waals surface area contributed by atoms with Crippen molar-refractivity contribution < 1.29 is 27.2 Å². The first kappa shape index (κ1) is 25.1. The van der Waals surface area contributed by atoms with Crippen LogP contribution in [0.1, 0.15) is 53.4 Å². The van der Waals surface area contributed by atoms with Gasteiger partial charge in [-0.15, -0.1) is 0 Å². The number of hydrogen-bond acceptors (Lipinski definition) is 7. The van der Waals surface area contributed by atoms with Crippen molar-refractivity contribution in [2.24, 2.45) is 5.92 Å². The van der Waals surface area contributed by atoms with Crippen molar-refractivity contribution in [2.75, 3.05) is 13.2 Å². The molecule has 0 heterocycles. The van der Waals surface area contributed by atoms with Crippen LogP contribution in [0.2, 0.25) is 0 Å². The van der Waals surface area contributed by atoms with Gasteiger partial charge in [0.2, 0.25) is 5.91 Å². The number of Topliss-reactive ketones (excluding diaryl/α,β-unsaturated/α-hetero) is 1. The molecule has 1 amide bonds. The average Bonchev–Trinajstić information content (AvgIpc) is 2.53. The van der Waals surface area contributed by atoms with E-state index >= 15 is 0 Å². The lowest BCUT2D eigenvalue weighted by Crippen LogP contribution is -2.33. The van der Waals surface area contributed by atoms with E-state index < -0.39 is 22.8 Å². The third-order valence-corrected chi connectivity index (χ3v) is 6.91. The van der Waals surface area contributed by atoms with Gasteiger partial charge in [-0.3, -0.25) is 18.6 Å². The molecule has 0 bridgehead atoms. The summed E-state index contributed by atoms with van der Waals surface area (Å²) in [4.78, 5) is 23.4. The van der Waals surface area contributed by atoms with E-state index in [-0.39, 0.29) is 43.6 Å². The lowest BCUT2D eigenvalue weighted by atomic mass is 10.0. The molecule has 0 saturated heterocycles. The number of carbonyl (C=O) groups excluding carboxylic acids is 2. The highest BCUT2D eigenvalue weighted by Crippen LogP contribution is 2.51. The zero-order valence-corrected chi connectivity index (χ0v) is 18.8. The first-order chi connectivity index (χ1) is 11.6. The van der Waals surface area contributed by atoms with E-state index in [2.05, 4.69) is 13.3 Å². The molecule has 0 fully saturated rings. The van der Waals surface area contributed by atoms with Gasteiger partial charge in [0, 0.05) is 25.3 Å². The van der Waals surface area contributed by atoms with Gasteiger partial charge in [-0.1, -0.05) is 35.7 Å². The number of thiol groups is 1. The highest BCUT2D eigenvalue weighted by Gasteiger charge is 2.30. The van der Waals surface area contributed by atoms with E-state index in [1.165, 1.54) is 0 Å². The van der Waals surface area contributed by atoms with Gasteiger partial charge in [-0.25, -0.2) is 8.54 Å². The summed E-state index contributed by atoms with van der Waals surface area (Å²) in [6, 6.07) is 0. The zero-order valence-electron chi connectivity index (χ0n) is 15.1. The molecule has 3 unspecified atom stereocenters. The van der Waals surface area contributed by atoms with Crippen LogP contribution in [-0.4, -0.2) is 30.9 Å². The van der Waals surface area contributed by atoms with E-state index in [4.69, 9.17) is 24.2 Å². The molecule has 148 valence electrons. The van der Waals surface area contributed by atoms with Gasteiger partial charge in [0.05, 0.1) is 12.7 Å². The van der Waals surface area contributed by atoms with Crippen LogP contribution in [0.3, 0.4) is 0 Å². The third kappa shape index (κ3) is 12.2. The molecule has 1 N–H and O–H groups in total. The number of phosphoric acid groups is 1. The van der Waals surface area contributed by atoms with Crippen LogP contribution >= 0.6 is 15.8 Å². The second-order valence-electron chi connectivity index (χ2n) is 5.68. The fourth-order valence-electron chi connectivity index (χ4n) is 1.65. The fourth-order valence-corrected chi connectivity index (χ4v) is 5.41. The minimum absolute atomic E-state index is 0.0419. The Balaban J connectivity index is 4.57. The molecule has 0 saturated carbocycles. The van der Waals surface area contributed by atoms with Gasteiger partial charge < -0.3 is 5.32 Å². The minimum Gasteiger partial charge on any atom is -0.353 e. The molecule has 3 atom stereocenters. The molecule has 0 radical (unpaired) electrons. The monoisotopic (exact) mass is 433 g/mol. The van der Waals surface area contributed by atoms with Crippen LogP contribution in [0.5, 0.6) is 0 Å². The normalized spacial score (nSPS) is 16.2. The molecule has 0 aliphatic heterocycles. The number of carbonyl (C=O) groups is 2. The number of amides is 1. The summed E-state index contributed by atoms with van der Waals surface area (Å²) in [6.45, 7) is 7.64. The van der Waals surface area contributed by atoms with Crippen molar-refractivity contribution in [2.45, 2.75) is 59.5 Å². The molecule has 0 aromatic heterocycles. The van der Waals surface area contributed by atoms with Crippen molar-refractivity contribution >= 4 is 47.6 Å². The van der Waals surface area contributed by atoms with Crippen LogP contribution in [0, 0.1) is 5.92 Å². The fraction of sp³-hybridized carbons (Fsp3) is 0.857. The van der Waals surface area contributed by atoms with Gasteiger partial charge >= 0.3 is 7.82 Å². The zero-order chi connectivity index (χ0) is 19.5. The van der Waals surface area contributed by atoms with Gasteiger partial charge in [-0.2, -0.15) is 0 Å². The average molecular weight is 433 g/mol. The standard InChI is InChI=1S/C14H29NO6P2S2/c1-5-9-19-23(18,21-25(22)24)20-12(6-2)10-15-14(17)8-7-13(16)11(3)4/h11-12,22,25H,5-10H2,1-4H3,(H,15,17). The highest BCUT2D eigenvalue weighted by molar-refractivity contribution is 8.37. The largest absolute Gasteiger partial charge is 0.486 e. The van der Waals surface area contributed by atoms with Gasteiger partial charge in [0.25, 0.3) is 0 Å². The van der Waals surface area contributed by atoms with Gasteiger partial charge in [0.1, 0.15) is 5.78 Å². The van der Waals surface area contributed by atoms with E-state index in [0.717, 1.165) is 0 Å². The van der Waals surface area contributed by atoms with Crippen molar-refractivity contribution in [1.29, 1.82) is 0 Å². The van der Waals surface area contributed by atoms with Crippen molar-refractivity contribution in [3.63, 3.8) is 0 Å². The maximum absolute atomic E-state index is 12.6. The van der Waals surface area contributed by atoms with Crippen LogP contribution < -0.4 is 5.32 Å². The summed E-state index contributed by atoms with van der Waals surface area (Å²) in [5, 5.41) is 2.68. The Labute approximate surface area is 158 Å². The predicted octanol–water partition coefficient (Wildman–Crippen LogP) is 3.24. The highest BCUT2D eigenvalue weighted by atomic mass is 32.9. The summed E-state index contributed by atoms with van der Waals surface area (Å²) in [5.74, 6) is -0.303. The maximum Gasteiger partial charge on any atom is 0.486 e. The van der Waals surface area contributed by atoms with Gasteiger partial charge in [0.15, 0.2) is 0 Å².